The third-order valence-electron chi connectivity index (χ3n) is 6.30. The fourth-order valence-electron chi connectivity index (χ4n) is 4.62. The second-order valence-corrected chi connectivity index (χ2v) is 8.44. The average Bonchev–Trinajstić information content (AvgIpc) is 3.43. The van der Waals surface area contributed by atoms with Gasteiger partial charge in [0.2, 0.25) is 5.75 Å². The van der Waals surface area contributed by atoms with Crippen LogP contribution < -0.4 is 15.8 Å². The molecule has 0 radical (unpaired) electrons. The summed E-state index contributed by atoms with van der Waals surface area (Å²) in [6.07, 6.45) is 11.1. The molecule has 4 aromatic heterocycles. The van der Waals surface area contributed by atoms with Gasteiger partial charge in [-0.15, -0.1) is 0 Å². The number of furan rings is 1. The number of aryl methyl sites for hydroxylation is 2. The first-order chi connectivity index (χ1) is 15.5. The molecule has 1 unspecified atom stereocenters. The Labute approximate surface area is 186 Å². The van der Waals surface area contributed by atoms with E-state index in [0.717, 1.165) is 59.3 Å². The highest BCUT2D eigenvalue weighted by Gasteiger charge is 2.22. The fraction of sp³-hybridized carbons (Fsp3) is 0.375. The van der Waals surface area contributed by atoms with Gasteiger partial charge in [0.05, 0.1) is 17.6 Å². The fourth-order valence-corrected chi connectivity index (χ4v) is 4.62. The number of nitrogens with one attached hydrogen (secondary N) is 1. The molecule has 5 heterocycles. The zero-order valence-electron chi connectivity index (χ0n) is 18.6. The number of hydrogen-bond acceptors (Lipinski definition) is 7. The summed E-state index contributed by atoms with van der Waals surface area (Å²) in [6.45, 7) is 8.06. The number of rotatable bonds is 5. The molecule has 32 heavy (non-hydrogen) atoms. The number of fused-ring (bicyclic) bond motifs is 1. The number of aromatic nitrogens is 4. The third kappa shape index (κ3) is 3.60. The van der Waals surface area contributed by atoms with Gasteiger partial charge in [-0.05, 0) is 58.3 Å². The van der Waals surface area contributed by atoms with Crippen LogP contribution in [0.4, 0.5) is 5.82 Å². The number of nitrogen functional groups attached to an aromatic ring is 1. The Hall–Kier alpha value is -3.39. The molecule has 166 valence electrons. The molecule has 0 saturated carbocycles. The maximum absolute atomic E-state index is 6.31. The summed E-state index contributed by atoms with van der Waals surface area (Å²) < 4.78 is 14.3. The summed E-state index contributed by atoms with van der Waals surface area (Å²) in [4.78, 5) is 8.80. The van der Waals surface area contributed by atoms with Crippen molar-refractivity contribution < 1.29 is 9.15 Å². The molecule has 1 atom stereocenters. The van der Waals surface area contributed by atoms with Crippen LogP contribution in [0.5, 0.6) is 5.75 Å². The van der Waals surface area contributed by atoms with Gasteiger partial charge in [-0.1, -0.05) is 0 Å². The zero-order chi connectivity index (χ0) is 22.2. The summed E-state index contributed by atoms with van der Waals surface area (Å²) in [5, 5.41) is 8.86. The molecule has 4 aromatic rings. The average molecular weight is 433 g/mol. The monoisotopic (exact) mass is 432 g/mol. The van der Waals surface area contributed by atoms with E-state index in [1.54, 1.807) is 18.7 Å². The molecule has 1 saturated heterocycles. The van der Waals surface area contributed by atoms with E-state index in [0.29, 0.717) is 23.2 Å². The molecule has 1 aliphatic rings. The summed E-state index contributed by atoms with van der Waals surface area (Å²) >= 11 is 0. The molecular formula is C24H28N6O2. The summed E-state index contributed by atoms with van der Waals surface area (Å²) in [5.41, 5.74) is 11.8. The molecule has 5 rings (SSSR count). The Bertz CT molecular complexity index is 1230. The van der Waals surface area contributed by atoms with Gasteiger partial charge in [0, 0.05) is 41.0 Å². The van der Waals surface area contributed by atoms with E-state index in [4.69, 9.17) is 14.9 Å². The maximum atomic E-state index is 6.31. The number of ether oxygens (including phenoxy) is 1. The normalized spacial score (nSPS) is 15.8. The molecule has 0 spiro atoms. The van der Waals surface area contributed by atoms with Gasteiger partial charge in [-0.25, -0.2) is 4.98 Å². The lowest BCUT2D eigenvalue weighted by atomic mass is 10.0. The molecule has 8 nitrogen and oxygen atoms in total. The van der Waals surface area contributed by atoms with Crippen LogP contribution in [0.25, 0.3) is 22.1 Å². The molecule has 0 aromatic carbocycles. The lowest BCUT2D eigenvalue weighted by Gasteiger charge is -2.22. The Kier molecular flexibility index (Phi) is 5.30. The van der Waals surface area contributed by atoms with E-state index in [-0.39, 0.29) is 6.10 Å². The van der Waals surface area contributed by atoms with E-state index in [9.17, 15) is 0 Å². The van der Waals surface area contributed by atoms with E-state index in [1.807, 2.05) is 26.1 Å². The molecular weight excluding hydrogens is 404 g/mol. The minimum absolute atomic E-state index is 0.255. The first-order valence-corrected chi connectivity index (χ1v) is 11.0. The van der Waals surface area contributed by atoms with Crippen LogP contribution in [0.15, 0.2) is 41.5 Å². The molecule has 0 amide bonds. The highest BCUT2D eigenvalue weighted by molar-refractivity contribution is 5.97. The highest BCUT2D eigenvalue weighted by atomic mass is 16.5. The van der Waals surface area contributed by atoms with Crippen molar-refractivity contribution in [1.82, 2.24) is 25.1 Å². The smallest absolute Gasteiger partial charge is 0.205 e. The van der Waals surface area contributed by atoms with Crippen LogP contribution >= 0.6 is 0 Å². The number of hydrogen-bond donors (Lipinski definition) is 2. The van der Waals surface area contributed by atoms with Crippen molar-refractivity contribution in [3.05, 3.63) is 53.9 Å². The van der Waals surface area contributed by atoms with Gasteiger partial charge in [0.15, 0.2) is 11.4 Å². The Balaban J connectivity index is 1.49. The molecule has 1 aliphatic heterocycles. The van der Waals surface area contributed by atoms with Gasteiger partial charge in [-0.3, -0.25) is 9.67 Å². The van der Waals surface area contributed by atoms with Gasteiger partial charge in [-0.2, -0.15) is 5.10 Å². The van der Waals surface area contributed by atoms with Crippen LogP contribution in [0.3, 0.4) is 0 Å². The minimum Gasteiger partial charge on any atom is -0.478 e. The van der Waals surface area contributed by atoms with Crippen molar-refractivity contribution in [1.29, 1.82) is 0 Å². The van der Waals surface area contributed by atoms with Crippen LogP contribution in [0, 0.1) is 13.8 Å². The largest absolute Gasteiger partial charge is 0.478 e. The molecule has 8 heteroatoms. The topological polar surface area (TPSA) is 104 Å². The lowest BCUT2D eigenvalue weighted by molar-refractivity contribution is 0.225. The van der Waals surface area contributed by atoms with Crippen molar-refractivity contribution in [2.24, 2.45) is 0 Å². The van der Waals surface area contributed by atoms with Gasteiger partial charge in [0.1, 0.15) is 12.4 Å². The number of pyridine rings is 2. The van der Waals surface area contributed by atoms with E-state index < -0.39 is 0 Å². The minimum atomic E-state index is -0.255. The second-order valence-electron chi connectivity index (χ2n) is 8.44. The van der Waals surface area contributed by atoms with Crippen LogP contribution in [0.2, 0.25) is 0 Å². The van der Waals surface area contributed by atoms with Gasteiger partial charge in [0.25, 0.3) is 0 Å². The first kappa shape index (κ1) is 20.5. The predicted octanol–water partition coefficient (Wildman–Crippen LogP) is 4.35. The van der Waals surface area contributed by atoms with Crippen molar-refractivity contribution in [3.8, 4) is 16.9 Å². The van der Waals surface area contributed by atoms with Crippen LogP contribution in [0.1, 0.15) is 48.7 Å². The van der Waals surface area contributed by atoms with Crippen molar-refractivity contribution in [3.63, 3.8) is 0 Å². The number of piperidine rings is 1. The molecule has 1 fully saturated rings. The van der Waals surface area contributed by atoms with Crippen molar-refractivity contribution in [2.75, 3.05) is 18.8 Å². The van der Waals surface area contributed by atoms with E-state index >= 15 is 0 Å². The van der Waals surface area contributed by atoms with E-state index in [2.05, 4.69) is 38.2 Å². The standard InChI is InChI=1S/C24H28N6O2/c1-14-4-9-27-15(2)21(14)16(3)32-23-22-19(11-28-24(23)25)20(13-31-22)17-10-29-30(12-17)18-5-7-26-8-6-18/h4,9-13,16,18,26H,5-8H2,1-3H3,(H2,25,28). The summed E-state index contributed by atoms with van der Waals surface area (Å²) in [7, 11) is 0. The summed E-state index contributed by atoms with van der Waals surface area (Å²) in [5.74, 6) is 0.754. The second kappa shape index (κ2) is 8.27. The zero-order valence-corrected chi connectivity index (χ0v) is 18.6. The quantitative estimate of drug-likeness (QED) is 0.483. The molecule has 3 N–H and O–H groups in total. The predicted molar refractivity (Wildman–Crippen MR) is 124 cm³/mol. The van der Waals surface area contributed by atoms with Gasteiger partial charge < -0.3 is 20.2 Å². The highest BCUT2D eigenvalue weighted by Crippen LogP contribution is 2.40. The lowest BCUT2D eigenvalue weighted by Crippen LogP contribution is -2.29. The molecule has 0 aliphatic carbocycles. The summed E-state index contributed by atoms with van der Waals surface area (Å²) in [6, 6.07) is 2.40. The number of nitrogens with zero attached hydrogens (tertiary/aromatic N) is 4. The number of anilines is 1. The molecule has 0 bridgehead atoms. The first-order valence-electron chi connectivity index (χ1n) is 11.0. The van der Waals surface area contributed by atoms with Gasteiger partial charge >= 0.3 is 0 Å². The van der Waals surface area contributed by atoms with Crippen molar-refractivity contribution in [2.45, 2.75) is 45.8 Å². The van der Waals surface area contributed by atoms with Crippen LogP contribution in [-0.2, 0) is 0 Å². The Morgan fingerprint density at radius 2 is 2.03 bits per heavy atom. The van der Waals surface area contributed by atoms with Crippen LogP contribution in [-0.4, -0.2) is 32.8 Å². The SMILES string of the molecule is Cc1ccnc(C)c1C(C)Oc1c(N)ncc2c(-c3cnn(C4CCNCC4)c3)coc12. The number of nitrogens with two attached hydrogens (primary N) is 1. The third-order valence-corrected chi connectivity index (χ3v) is 6.30. The van der Waals surface area contributed by atoms with E-state index in [1.165, 1.54) is 0 Å². The van der Waals surface area contributed by atoms with Crippen molar-refractivity contribution >= 4 is 16.8 Å². The Morgan fingerprint density at radius 3 is 2.81 bits per heavy atom. The Morgan fingerprint density at radius 1 is 1.22 bits per heavy atom. The maximum Gasteiger partial charge on any atom is 0.205 e.